The van der Waals surface area contributed by atoms with Gasteiger partial charge in [-0.25, -0.2) is 0 Å². The molecule has 0 bridgehead atoms. The third-order valence-electron chi connectivity index (χ3n) is 3.17. The van der Waals surface area contributed by atoms with Gasteiger partial charge >= 0.3 is 0 Å². The average Bonchev–Trinajstić information content (AvgIpc) is 2.16. The van der Waals surface area contributed by atoms with E-state index in [0.29, 0.717) is 17.1 Å². The zero-order chi connectivity index (χ0) is 12.2. The lowest BCUT2D eigenvalue weighted by Crippen LogP contribution is -2.29. The van der Waals surface area contributed by atoms with Gasteiger partial charge in [0.25, 0.3) is 0 Å². The second-order valence-electron chi connectivity index (χ2n) is 5.57. The van der Waals surface area contributed by atoms with E-state index in [0.717, 1.165) is 18.7 Å². The van der Waals surface area contributed by atoms with Crippen LogP contribution < -0.4 is 5.32 Å². The van der Waals surface area contributed by atoms with Crippen molar-refractivity contribution in [1.82, 2.24) is 5.32 Å². The number of hydrogen-bond donors (Lipinski definition) is 2. The third-order valence-corrected chi connectivity index (χ3v) is 3.17. The normalized spacial score (nSPS) is 13.8. The second kappa shape index (κ2) is 5.35. The third kappa shape index (κ3) is 4.23. The summed E-state index contributed by atoms with van der Waals surface area (Å²) >= 11 is 0. The molecule has 2 heteroatoms. The lowest BCUT2D eigenvalue weighted by Gasteiger charge is -2.27. The number of hydrogen-bond acceptors (Lipinski definition) is 2. The van der Waals surface area contributed by atoms with Crippen molar-refractivity contribution < 1.29 is 5.11 Å². The molecular weight excluding hydrogens is 198 g/mol. The maximum absolute atomic E-state index is 9.32. The van der Waals surface area contributed by atoms with Gasteiger partial charge in [0.05, 0.1) is 0 Å². The number of rotatable bonds is 4. The quantitative estimate of drug-likeness (QED) is 0.818. The standard InChI is InChI=1S/C14H23NO/c1-11(14(2,3)4)9-15-10-12-6-5-7-13(16)8-12/h5-8,11,15-16H,9-10H2,1-4H3. The lowest BCUT2D eigenvalue weighted by atomic mass is 9.82. The molecule has 16 heavy (non-hydrogen) atoms. The molecule has 0 aliphatic rings. The molecule has 90 valence electrons. The van der Waals surface area contributed by atoms with Crippen molar-refractivity contribution in [2.45, 2.75) is 34.2 Å². The van der Waals surface area contributed by atoms with Gasteiger partial charge in [0.1, 0.15) is 5.75 Å². The summed E-state index contributed by atoms with van der Waals surface area (Å²) in [5.41, 5.74) is 1.47. The highest BCUT2D eigenvalue weighted by molar-refractivity contribution is 5.26. The van der Waals surface area contributed by atoms with Crippen LogP contribution in [0.15, 0.2) is 24.3 Å². The van der Waals surface area contributed by atoms with E-state index >= 15 is 0 Å². The molecule has 0 spiro atoms. The first-order valence-corrected chi connectivity index (χ1v) is 5.88. The maximum atomic E-state index is 9.32. The Hall–Kier alpha value is -1.02. The van der Waals surface area contributed by atoms with Crippen molar-refractivity contribution >= 4 is 0 Å². The van der Waals surface area contributed by atoms with Crippen LogP contribution in [0, 0.1) is 11.3 Å². The van der Waals surface area contributed by atoms with Crippen LogP contribution in [0.3, 0.4) is 0 Å². The first-order chi connectivity index (χ1) is 7.39. The molecule has 0 amide bonds. The molecule has 1 rings (SSSR count). The van der Waals surface area contributed by atoms with E-state index in [1.54, 1.807) is 12.1 Å². The molecule has 1 aromatic carbocycles. The first-order valence-electron chi connectivity index (χ1n) is 5.88. The van der Waals surface area contributed by atoms with Crippen molar-refractivity contribution in [1.29, 1.82) is 0 Å². The summed E-state index contributed by atoms with van der Waals surface area (Å²) in [7, 11) is 0. The highest BCUT2D eigenvalue weighted by atomic mass is 16.3. The van der Waals surface area contributed by atoms with Crippen LogP contribution in [0.4, 0.5) is 0 Å². The summed E-state index contributed by atoms with van der Waals surface area (Å²) < 4.78 is 0. The Morgan fingerprint density at radius 1 is 1.31 bits per heavy atom. The van der Waals surface area contributed by atoms with E-state index < -0.39 is 0 Å². The van der Waals surface area contributed by atoms with Gasteiger partial charge in [0, 0.05) is 6.54 Å². The van der Waals surface area contributed by atoms with Gasteiger partial charge in [-0.3, -0.25) is 0 Å². The average molecular weight is 221 g/mol. The Balaban J connectivity index is 2.36. The minimum atomic E-state index is 0.336. The van der Waals surface area contributed by atoms with E-state index in [1.165, 1.54) is 0 Å². The number of phenolic OH excluding ortho intramolecular Hbond substituents is 1. The number of phenols is 1. The van der Waals surface area contributed by atoms with Gasteiger partial charge in [0.15, 0.2) is 0 Å². The zero-order valence-electron chi connectivity index (χ0n) is 10.7. The largest absolute Gasteiger partial charge is 0.508 e. The summed E-state index contributed by atoms with van der Waals surface area (Å²) in [5.74, 6) is 0.966. The monoisotopic (exact) mass is 221 g/mol. The van der Waals surface area contributed by atoms with Gasteiger partial charge in [0.2, 0.25) is 0 Å². The zero-order valence-corrected chi connectivity index (χ0v) is 10.7. The van der Waals surface area contributed by atoms with Crippen molar-refractivity contribution in [3.8, 4) is 5.75 Å². The van der Waals surface area contributed by atoms with Crippen LogP contribution in [-0.2, 0) is 6.54 Å². The highest BCUT2D eigenvalue weighted by Gasteiger charge is 2.18. The van der Waals surface area contributed by atoms with Gasteiger partial charge in [-0.05, 0) is 35.6 Å². The van der Waals surface area contributed by atoms with Crippen LogP contribution in [0.2, 0.25) is 0 Å². The van der Waals surface area contributed by atoms with Crippen molar-refractivity contribution in [2.24, 2.45) is 11.3 Å². The van der Waals surface area contributed by atoms with E-state index in [-0.39, 0.29) is 0 Å². The van der Waals surface area contributed by atoms with Crippen molar-refractivity contribution in [2.75, 3.05) is 6.54 Å². The Bertz CT molecular complexity index is 328. The summed E-state index contributed by atoms with van der Waals surface area (Å²) in [6.45, 7) is 10.8. The molecular formula is C14H23NO. The molecule has 0 radical (unpaired) electrons. The fraction of sp³-hybridized carbons (Fsp3) is 0.571. The molecule has 0 heterocycles. The van der Waals surface area contributed by atoms with Gasteiger partial charge in [-0.1, -0.05) is 39.8 Å². The summed E-state index contributed by atoms with van der Waals surface area (Å²) in [6, 6.07) is 7.39. The van der Waals surface area contributed by atoms with E-state index in [1.807, 2.05) is 12.1 Å². The minimum Gasteiger partial charge on any atom is -0.508 e. The number of benzene rings is 1. The molecule has 2 N–H and O–H groups in total. The van der Waals surface area contributed by atoms with E-state index in [9.17, 15) is 5.11 Å². The number of aromatic hydroxyl groups is 1. The first kappa shape index (κ1) is 13.0. The smallest absolute Gasteiger partial charge is 0.115 e. The van der Waals surface area contributed by atoms with Crippen LogP contribution >= 0.6 is 0 Å². The van der Waals surface area contributed by atoms with Crippen molar-refractivity contribution in [3.05, 3.63) is 29.8 Å². The highest BCUT2D eigenvalue weighted by Crippen LogP contribution is 2.24. The lowest BCUT2D eigenvalue weighted by molar-refractivity contribution is 0.252. The molecule has 0 aliphatic heterocycles. The molecule has 0 saturated carbocycles. The van der Waals surface area contributed by atoms with Crippen LogP contribution in [0.25, 0.3) is 0 Å². The van der Waals surface area contributed by atoms with Crippen LogP contribution in [0.1, 0.15) is 33.3 Å². The Morgan fingerprint density at radius 2 is 2.00 bits per heavy atom. The molecule has 0 saturated heterocycles. The maximum Gasteiger partial charge on any atom is 0.115 e. The minimum absolute atomic E-state index is 0.336. The molecule has 1 unspecified atom stereocenters. The topological polar surface area (TPSA) is 32.3 Å². The summed E-state index contributed by atoms with van der Waals surface area (Å²) in [4.78, 5) is 0. The second-order valence-corrected chi connectivity index (χ2v) is 5.57. The fourth-order valence-electron chi connectivity index (χ4n) is 1.41. The molecule has 0 fully saturated rings. The fourth-order valence-corrected chi connectivity index (χ4v) is 1.41. The van der Waals surface area contributed by atoms with E-state index in [2.05, 4.69) is 33.0 Å². The molecule has 0 aliphatic carbocycles. The van der Waals surface area contributed by atoms with E-state index in [4.69, 9.17) is 0 Å². The van der Waals surface area contributed by atoms with Gasteiger partial charge in [-0.15, -0.1) is 0 Å². The Labute approximate surface area is 98.7 Å². The van der Waals surface area contributed by atoms with Crippen molar-refractivity contribution in [3.63, 3.8) is 0 Å². The molecule has 1 aromatic rings. The molecule has 0 aromatic heterocycles. The predicted molar refractivity (Wildman–Crippen MR) is 68.4 cm³/mol. The van der Waals surface area contributed by atoms with Crippen LogP contribution in [0.5, 0.6) is 5.75 Å². The Morgan fingerprint density at radius 3 is 2.56 bits per heavy atom. The summed E-state index contributed by atoms with van der Waals surface area (Å²) in [5, 5.41) is 12.7. The Kier molecular flexibility index (Phi) is 4.36. The summed E-state index contributed by atoms with van der Waals surface area (Å²) in [6.07, 6.45) is 0. The SMILES string of the molecule is CC(CNCc1cccc(O)c1)C(C)(C)C. The van der Waals surface area contributed by atoms with Crippen LogP contribution in [-0.4, -0.2) is 11.7 Å². The molecule has 2 nitrogen and oxygen atoms in total. The van der Waals surface area contributed by atoms with Gasteiger partial charge < -0.3 is 10.4 Å². The number of nitrogens with one attached hydrogen (secondary N) is 1. The predicted octanol–water partition coefficient (Wildman–Crippen LogP) is 3.16. The van der Waals surface area contributed by atoms with Gasteiger partial charge in [-0.2, -0.15) is 0 Å². The molecule has 1 atom stereocenters.